The smallest absolute Gasteiger partial charge is 0.321 e. The molecule has 27 heavy (non-hydrogen) atoms. The zero-order valence-corrected chi connectivity index (χ0v) is 15.1. The maximum absolute atomic E-state index is 12.0. The van der Waals surface area contributed by atoms with Gasteiger partial charge in [-0.05, 0) is 19.8 Å². The Labute approximate surface area is 156 Å². The highest BCUT2D eigenvalue weighted by atomic mass is 16.6. The molecule has 0 saturated heterocycles. The Bertz CT molecular complexity index is 715. The Hall–Kier alpha value is -2.97. The van der Waals surface area contributed by atoms with E-state index in [-0.39, 0.29) is 23.7 Å². The molecule has 0 spiro atoms. The Morgan fingerprint density at radius 1 is 1.22 bits per heavy atom. The van der Waals surface area contributed by atoms with Crippen molar-refractivity contribution in [1.29, 1.82) is 0 Å². The van der Waals surface area contributed by atoms with E-state index in [9.17, 15) is 24.5 Å². The molecule has 0 aromatic heterocycles. The van der Waals surface area contributed by atoms with Gasteiger partial charge in [-0.15, -0.1) is 0 Å². The first-order chi connectivity index (χ1) is 12.9. The fourth-order valence-electron chi connectivity index (χ4n) is 2.97. The molecule has 2 rings (SSSR count). The maximum atomic E-state index is 12.0. The van der Waals surface area contributed by atoms with Gasteiger partial charge in [0.15, 0.2) is 6.10 Å². The van der Waals surface area contributed by atoms with Crippen LogP contribution in [0.4, 0.5) is 10.5 Å². The lowest BCUT2D eigenvalue weighted by Gasteiger charge is -2.23. The Balaban J connectivity index is 1.82. The van der Waals surface area contributed by atoms with Gasteiger partial charge >= 0.3 is 12.0 Å². The summed E-state index contributed by atoms with van der Waals surface area (Å²) in [5.74, 6) is -1.54. The highest BCUT2D eigenvalue weighted by Crippen LogP contribution is 2.19. The third-order valence-corrected chi connectivity index (χ3v) is 4.38. The molecule has 1 atom stereocenters. The molecule has 2 N–H and O–H groups in total. The van der Waals surface area contributed by atoms with Crippen LogP contribution in [0, 0.1) is 10.1 Å². The Morgan fingerprint density at radius 2 is 1.89 bits per heavy atom. The van der Waals surface area contributed by atoms with E-state index in [1.807, 2.05) is 0 Å². The number of hydrogen-bond acceptors (Lipinski definition) is 6. The van der Waals surface area contributed by atoms with Crippen LogP contribution in [-0.2, 0) is 20.7 Å². The number of nitro benzene ring substituents is 1. The van der Waals surface area contributed by atoms with Crippen LogP contribution in [0.3, 0.4) is 0 Å². The van der Waals surface area contributed by atoms with E-state index in [4.69, 9.17) is 4.74 Å². The molecule has 9 heteroatoms. The molecule has 1 saturated carbocycles. The summed E-state index contributed by atoms with van der Waals surface area (Å²) in [7, 11) is 0. The van der Waals surface area contributed by atoms with Gasteiger partial charge in [0.05, 0.1) is 11.3 Å². The number of benzene rings is 1. The average Bonchev–Trinajstić information content (AvgIpc) is 2.62. The number of esters is 1. The lowest BCUT2D eigenvalue weighted by Crippen LogP contribution is -2.48. The van der Waals surface area contributed by atoms with Gasteiger partial charge in [0.1, 0.15) is 0 Å². The normalized spacial score (nSPS) is 15.4. The third kappa shape index (κ3) is 6.36. The summed E-state index contributed by atoms with van der Waals surface area (Å²) in [5, 5.41) is 15.8. The first-order valence-corrected chi connectivity index (χ1v) is 8.90. The molecule has 9 nitrogen and oxygen atoms in total. The topological polar surface area (TPSA) is 128 Å². The summed E-state index contributed by atoms with van der Waals surface area (Å²) in [4.78, 5) is 46.2. The summed E-state index contributed by atoms with van der Waals surface area (Å²) >= 11 is 0. The monoisotopic (exact) mass is 377 g/mol. The number of urea groups is 1. The second kappa shape index (κ2) is 9.65. The van der Waals surface area contributed by atoms with Crippen molar-refractivity contribution < 1.29 is 24.0 Å². The van der Waals surface area contributed by atoms with Crippen LogP contribution in [0.25, 0.3) is 0 Å². The zero-order valence-electron chi connectivity index (χ0n) is 15.1. The number of imide groups is 1. The number of para-hydroxylation sites is 1. The molecule has 0 unspecified atom stereocenters. The number of amides is 3. The van der Waals surface area contributed by atoms with Gasteiger partial charge in [-0.25, -0.2) is 4.79 Å². The van der Waals surface area contributed by atoms with Gasteiger partial charge in [-0.1, -0.05) is 37.5 Å². The molecule has 1 aliphatic rings. The van der Waals surface area contributed by atoms with Crippen LogP contribution in [-0.4, -0.2) is 35.0 Å². The number of carbonyl (C=O) groups is 3. The van der Waals surface area contributed by atoms with Gasteiger partial charge in [0.2, 0.25) is 0 Å². The van der Waals surface area contributed by atoms with Crippen LogP contribution < -0.4 is 10.6 Å². The maximum Gasteiger partial charge on any atom is 0.321 e. The zero-order chi connectivity index (χ0) is 19.8. The molecule has 0 bridgehead atoms. The number of ether oxygens (including phenoxy) is 1. The van der Waals surface area contributed by atoms with Crippen LogP contribution in [0.15, 0.2) is 24.3 Å². The molecule has 1 fully saturated rings. The molecule has 1 aromatic rings. The summed E-state index contributed by atoms with van der Waals surface area (Å²) in [6, 6.07) is 5.22. The molecule has 3 amide bonds. The summed E-state index contributed by atoms with van der Waals surface area (Å²) in [6.45, 7) is 1.33. The van der Waals surface area contributed by atoms with Gasteiger partial charge in [0.25, 0.3) is 11.6 Å². The van der Waals surface area contributed by atoms with Crippen molar-refractivity contribution in [3.8, 4) is 0 Å². The highest BCUT2D eigenvalue weighted by Gasteiger charge is 2.23. The molecular formula is C18H23N3O6. The van der Waals surface area contributed by atoms with Crippen LogP contribution in [0.2, 0.25) is 0 Å². The Morgan fingerprint density at radius 3 is 2.56 bits per heavy atom. The molecule has 0 radical (unpaired) electrons. The number of nitrogens with zero attached hydrogens (tertiary/aromatic N) is 1. The van der Waals surface area contributed by atoms with E-state index in [0.717, 1.165) is 32.1 Å². The van der Waals surface area contributed by atoms with Gasteiger partial charge < -0.3 is 10.1 Å². The number of nitro groups is 1. The van der Waals surface area contributed by atoms with Crippen molar-refractivity contribution in [3.05, 3.63) is 39.9 Å². The van der Waals surface area contributed by atoms with Gasteiger partial charge in [-0.3, -0.25) is 25.0 Å². The third-order valence-electron chi connectivity index (χ3n) is 4.38. The predicted molar refractivity (Wildman–Crippen MR) is 95.9 cm³/mol. The second-order valence-corrected chi connectivity index (χ2v) is 6.49. The lowest BCUT2D eigenvalue weighted by molar-refractivity contribution is -0.385. The van der Waals surface area contributed by atoms with E-state index >= 15 is 0 Å². The largest absolute Gasteiger partial charge is 0.452 e. The van der Waals surface area contributed by atoms with E-state index in [2.05, 4.69) is 10.6 Å². The molecular weight excluding hydrogens is 354 g/mol. The van der Waals surface area contributed by atoms with Gasteiger partial charge in [0, 0.05) is 17.7 Å². The number of carbonyl (C=O) groups excluding carboxylic acids is 3. The number of nitrogens with one attached hydrogen (secondary N) is 2. The SMILES string of the molecule is C[C@@H](OC(=O)Cc1ccccc1[N+](=O)[O-])C(=O)NC(=O)NC1CCCCC1. The van der Waals surface area contributed by atoms with E-state index in [1.165, 1.54) is 25.1 Å². The first kappa shape index (κ1) is 20.3. The van der Waals surface area contributed by atoms with Crippen molar-refractivity contribution in [3.63, 3.8) is 0 Å². The van der Waals surface area contributed by atoms with E-state index in [0.29, 0.717) is 0 Å². The average molecular weight is 377 g/mol. The lowest BCUT2D eigenvalue weighted by atomic mass is 9.96. The fourth-order valence-corrected chi connectivity index (χ4v) is 2.97. The summed E-state index contributed by atoms with van der Waals surface area (Å²) in [6.07, 6.45) is 3.44. The standard InChI is InChI=1S/C18H23N3O6/c1-12(17(23)20-18(24)19-14-8-3-2-4-9-14)27-16(22)11-13-7-5-6-10-15(13)21(25)26/h5-7,10,12,14H,2-4,8-9,11H2,1H3,(H2,19,20,23,24)/t12-/m1/s1. The summed E-state index contributed by atoms with van der Waals surface area (Å²) in [5.41, 5.74) is -0.00596. The second-order valence-electron chi connectivity index (χ2n) is 6.49. The Kier molecular flexibility index (Phi) is 7.27. The quantitative estimate of drug-likeness (QED) is 0.444. The number of rotatable bonds is 6. The molecule has 0 aliphatic heterocycles. The minimum Gasteiger partial charge on any atom is -0.452 e. The molecule has 146 valence electrons. The van der Waals surface area contributed by atoms with Crippen LogP contribution >= 0.6 is 0 Å². The van der Waals surface area contributed by atoms with Crippen molar-refractivity contribution in [2.45, 2.75) is 57.6 Å². The van der Waals surface area contributed by atoms with Crippen molar-refractivity contribution in [2.75, 3.05) is 0 Å². The molecule has 0 heterocycles. The van der Waals surface area contributed by atoms with Crippen LogP contribution in [0.5, 0.6) is 0 Å². The van der Waals surface area contributed by atoms with Crippen molar-refractivity contribution in [2.24, 2.45) is 0 Å². The van der Waals surface area contributed by atoms with E-state index < -0.39 is 28.9 Å². The highest BCUT2D eigenvalue weighted by molar-refractivity contribution is 5.97. The summed E-state index contributed by atoms with van der Waals surface area (Å²) < 4.78 is 4.99. The minimum absolute atomic E-state index is 0.0445. The van der Waals surface area contributed by atoms with Crippen molar-refractivity contribution >= 4 is 23.6 Å². The van der Waals surface area contributed by atoms with Crippen molar-refractivity contribution in [1.82, 2.24) is 10.6 Å². The minimum atomic E-state index is -1.20. The fraction of sp³-hybridized carbons (Fsp3) is 0.500. The van der Waals surface area contributed by atoms with Gasteiger partial charge in [-0.2, -0.15) is 0 Å². The first-order valence-electron chi connectivity index (χ1n) is 8.90. The van der Waals surface area contributed by atoms with Crippen LogP contribution in [0.1, 0.15) is 44.6 Å². The van der Waals surface area contributed by atoms with E-state index in [1.54, 1.807) is 6.07 Å². The molecule has 1 aliphatic carbocycles. The number of hydrogen-bond donors (Lipinski definition) is 2. The molecule has 1 aromatic carbocycles. The predicted octanol–water partition coefficient (Wildman–Crippen LogP) is 2.23.